The summed E-state index contributed by atoms with van der Waals surface area (Å²) >= 11 is 0. The van der Waals surface area contributed by atoms with Crippen LogP contribution in [0.4, 0.5) is 8.78 Å². The number of aldehydes is 1. The molecule has 2 N–H and O–H groups in total. The van der Waals surface area contributed by atoms with E-state index in [1.54, 1.807) is 18.3 Å². The van der Waals surface area contributed by atoms with Crippen LogP contribution < -0.4 is 10.7 Å². The van der Waals surface area contributed by atoms with E-state index in [0.717, 1.165) is 87.0 Å². The first-order valence-corrected chi connectivity index (χ1v) is 23.3. The molecule has 6 rings (SSSR count). The monoisotopic (exact) mass is 942 g/mol. The number of ether oxygens (including phenoxy) is 2. The molecule has 4 unspecified atom stereocenters. The highest BCUT2D eigenvalue weighted by Crippen LogP contribution is 2.42. The molecule has 2 aliphatic heterocycles. The maximum atomic E-state index is 14.0. The lowest BCUT2D eigenvalue weighted by molar-refractivity contribution is -0.141. The number of carbonyl (C=O) groups is 5. The van der Waals surface area contributed by atoms with Crippen LogP contribution in [-0.4, -0.2) is 127 Å². The number of hydrogen-bond acceptors (Lipinski definition) is 10. The fraction of sp³-hybridized carbons (Fsp3) is 0.500. The molecule has 0 aliphatic carbocycles. The van der Waals surface area contributed by atoms with Crippen molar-refractivity contribution in [2.45, 2.75) is 97.9 Å². The largest absolute Gasteiger partial charge is 0.467 e. The van der Waals surface area contributed by atoms with Crippen LogP contribution in [0.15, 0.2) is 73.4 Å². The first-order chi connectivity index (χ1) is 32.3. The van der Waals surface area contributed by atoms with E-state index in [2.05, 4.69) is 79.1 Å². The van der Waals surface area contributed by atoms with Gasteiger partial charge in [-0.25, -0.2) is 14.2 Å². The number of likely N-dealkylation sites (N-methyl/N-ethyl adjacent to an activating group) is 1. The van der Waals surface area contributed by atoms with Crippen molar-refractivity contribution in [3.05, 3.63) is 90.3 Å². The molecule has 0 radical (unpaired) electrons. The molecule has 368 valence electrons. The van der Waals surface area contributed by atoms with Crippen LogP contribution in [0.5, 0.6) is 0 Å². The summed E-state index contributed by atoms with van der Waals surface area (Å²) in [4.78, 5) is 67.7. The van der Waals surface area contributed by atoms with E-state index >= 15 is 0 Å². The summed E-state index contributed by atoms with van der Waals surface area (Å²) in [6.07, 6.45) is 5.66. The predicted molar refractivity (Wildman–Crippen MR) is 259 cm³/mol. The SMILES string of the molecule is C=CC(=O)N1CC(C=O)C(F)(F)C1.CCn1c(-c2cccnc2C(C)OC)c(CC(C)(C)COC=O)c2cc(-c3cccc(CC(NC(=O)C(C(C)C)N(C)C)C(=O)N4CCCCN4)c3)ccc21. The molecular weight excluding hydrogens is 873 g/mol. The zero-order valence-corrected chi connectivity index (χ0v) is 41.0. The standard InChI is InChI=1S/C44H60N6O5.C8H9F2NO2/c1-10-49-38-19-18-33(25-35(38)36(26-44(5,6)27-55-28-51)41(49)34-17-14-20-45-39(34)30(4)54-9)32-16-13-15-31(23-32)24-37(43(53)50-22-12-11-21-46-50)47-42(52)40(29(2)3)48(7)8;1-2-7(13)11-3-6(4-12)8(9,10)5-11/h13-20,23,25,28-30,37,40,46H,10-12,21-22,24,26-27H2,1-9H3,(H,47,52);2,4,6H,1,3,5H2. The molecular formula is C52H69F2N7O7. The van der Waals surface area contributed by atoms with Crippen molar-refractivity contribution in [2.75, 3.05) is 54.0 Å². The van der Waals surface area contributed by atoms with Gasteiger partial charge in [0, 0.05) is 67.8 Å². The van der Waals surface area contributed by atoms with Crippen LogP contribution in [0.2, 0.25) is 0 Å². The number of pyridine rings is 1. The van der Waals surface area contributed by atoms with E-state index in [4.69, 9.17) is 14.5 Å². The Balaban J connectivity index is 0.000000573. The van der Waals surface area contributed by atoms with Gasteiger partial charge in [-0.3, -0.25) is 34.1 Å². The lowest BCUT2D eigenvalue weighted by Gasteiger charge is -2.33. The molecule has 2 aromatic carbocycles. The van der Waals surface area contributed by atoms with Gasteiger partial charge in [0.15, 0.2) is 0 Å². The second kappa shape index (κ2) is 23.4. The minimum atomic E-state index is -3.10. The maximum Gasteiger partial charge on any atom is 0.293 e. The number of alkyl halides is 2. The van der Waals surface area contributed by atoms with Gasteiger partial charge in [-0.2, -0.15) is 0 Å². The average Bonchev–Trinajstić information content (AvgIpc) is 3.81. The Labute approximate surface area is 399 Å². The summed E-state index contributed by atoms with van der Waals surface area (Å²) in [5.74, 6) is -5.25. The van der Waals surface area contributed by atoms with Crippen molar-refractivity contribution in [1.29, 1.82) is 0 Å². The van der Waals surface area contributed by atoms with Gasteiger partial charge in [-0.05, 0) is 106 Å². The number of hydrogen-bond donors (Lipinski definition) is 2. The Morgan fingerprint density at radius 1 is 1.06 bits per heavy atom. The van der Waals surface area contributed by atoms with Crippen LogP contribution in [0.1, 0.15) is 77.3 Å². The number of nitrogens with one attached hydrogen (secondary N) is 2. The Morgan fingerprint density at radius 3 is 2.40 bits per heavy atom. The molecule has 2 aromatic heterocycles. The first kappa shape index (κ1) is 53.1. The third-order valence-corrected chi connectivity index (χ3v) is 12.7. The van der Waals surface area contributed by atoms with E-state index in [9.17, 15) is 32.8 Å². The van der Waals surface area contributed by atoms with Crippen LogP contribution in [-0.2, 0) is 52.8 Å². The highest BCUT2D eigenvalue weighted by molar-refractivity contribution is 5.95. The first-order valence-electron chi connectivity index (χ1n) is 23.3. The molecule has 2 saturated heterocycles. The fourth-order valence-electron chi connectivity index (χ4n) is 9.28. The predicted octanol–water partition coefficient (Wildman–Crippen LogP) is 7.04. The van der Waals surface area contributed by atoms with Gasteiger partial charge in [-0.15, -0.1) is 0 Å². The minimum absolute atomic E-state index is 0.0707. The van der Waals surface area contributed by atoms with E-state index < -0.39 is 30.3 Å². The van der Waals surface area contributed by atoms with Gasteiger partial charge in [0.1, 0.15) is 12.3 Å². The third-order valence-electron chi connectivity index (χ3n) is 12.7. The number of benzene rings is 2. The summed E-state index contributed by atoms with van der Waals surface area (Å²) in [5, 5.41) is 5.92. The Bertz CT molecular complexity index is 2400. The van der Waals surface area contributed by atoms with Crippen molar-refractivity contribution in [1.82, 2.24) is 35.1 Å². The number of methoxy groups -OCH3 is 1. The lowest BCUT2D eigenvalue weighted by atomic mass is 9.84. The average molecular weight is 942 g/mol. The number of likely N-dealkylation sites (tertiary alicyclic amines) is 1. The Hall–Kier alpha value is -5.84. The molecule has 14 nitrogen and oxygen atoms in total. The second-order valence-corrected chi connectivity index (χ2v) is 19.0. The number of nitrogens with zero attached hydrogens (tertiary/aromatic N) is 5. The Kier molecular flexibility index (Phi) is 18.3. The van der Waals surface area contributed by atoms with Crippen molar-refractivity contribution < 1.29 is 42.2 Å². The summed E-state index contributed by atoms with van der Waals surface area (Å²) in [6, 6.07) is 17.8. The normalized spacial score (nSPS) is 17.3. The van der Waals surface area contributed by atoms with Crippen molar-refractivity contribution in [3.8, 4) is 22.4 Å². The molecule has 4 atom stereocenters. The number of amides is 3. The molecule has 4 aromatic rings. The van der Waals surface area contributed by atoms with Gasteiger partial charge in [-0.1, -0.05) is 64.6 Å². The molecule has 2 fully saturated rings. The smallest absolute Gasteiger partial charge is 0.293 e. The van der Waals surface area contributed by atoms with Crippen molar-refractivity contribution in [2.24, 2.45) is 17.3 Å². The van der Waals surface area contributed by atoms with E-state index in [-0.39, 0.29) is 54.7 Å². The molecule has 3 amide bonds. The van der Waals surface area contributed by atoms with Crippen LogP contribution in [0.25, 0.3) is 33.3 Å². The van der Waals surface area contributed by atoms with Gasteiger partial charge >= 0.3 is 0 Å². The van der Waals surface area contributed by atoms with Crippen LogP contribution >= 0.6 is 0 Å². The number of halogens is 2. The van der Waals surface area contributed by atoms with E-state index in [0.29, 0.717) is 25.9 Å². The van der Waals surface area contributed by atoms with Gasteiger partial charge in [0.05, 0.1) is 42.6 Å². The maximum absolute atomic E-state index is 14.0. The number of aromatic nitrogens is 2. The van der Waals surface area contributed by atoms with Gasteiger partial charge < -0.3 is 29.1 Å². The summed E-state index contributed by atoms with van der Waals surface area (Å²) < 4.78 is 39.2. The zero-order chi connectivity index (χ0) is 49.9. The summed E-state index contributed by atoms with van der Waals surface area (Å²) in [7, 11) is 5.49. The van der Waals surface area contributed by atoms with Crippen molar-refractivity contribution >= 4 is 41.4 Å². The molecule has 0 saturated carbocycles. The van der Waals surface area contributed by atoms with Crippen molar-refractivity contribution in [3.63, 3.8) is 0 Å². The molecule has 68 heavy (non-hydrogen) atoms. The number of hydrazine groups is 1. The highest BCUT2D eigenvalue weighted by Gasteiger charge is 2.49. The topological polar surface area (TPSA) is 155 Å². The van der Waals surface area contributed by atoms with Crippen LogP contribution in [0, 0.1) is 17.3 Å². The molecule has 0 bridgehead atoms. The molecule has 16 heteroatoms. The fourth-order valence-corrected chi connectivity index (χ4v) is 9.28. The van der Waals surface area contributed by atoms with Crippen LogP contribution in [0.3, 0.4) is 0 Å². The highest BCUT2D eigenvalue weighted by atomic mass is 19.3. The number of carbonyl (C=O) groups excluding carboxylic acids is 5. The molecule has 2 aliphatic rings. The quantitative estimate of drug-likeness (QED) is 0.0739. The van der Waals surface area contributed by atoms with E-state index in [1.807, 2.05) is 58.0 Å². The van der Waals surface area contributed by atoms with Gasteiger partial charge in [0.25, 0.3) is 18.3 Å². The number of rotatable bonds is 19. The summed E-state index contributed by atoms with van der Waals surface area (Å²) in [5.41, 5.74) is 11.1. The summed E-state index contributed by atoms with van der Waals surface area (Å²) in [6.45, 7) is 17.6. The Morgan fingerprint density at radius 2 is 1.79 bits per heavy atom. The number of fused-ring (bicyclic) bond motifs is 1. The van der Waals surface area contributed by atoms with E-state index in [1.165, 1.54) is 0 Å². The van der Waals surface area contributed by atoms with Gasteiger partial charge in [0.2, 0.25) is 11.8 Å². The lowest BCUT2D eigenvalue weighted by Crippen LogP contribution is -2.58. The number of aryl methyl sites for hydroxylation is 1. The third kappa shape index (κ3) is 12.6. The zero-order valence-electron chi connectivity index (χ0n) is 41.0. The molecule has 0 spiro atoms. The second-order valence-electron chi connectivity index (χ2n) is 19.0. The minimum Gasteiger partial charge on any atom is -0.467 e. The molecule has 4 heterocycles.